The Bertz CT molecular complexity index is 497. The molecule has 0 amide bonds. The second-order valence-electron chi connectivity index (χ2n) is 4.25. The van der Waals surface area contributed by atoms with Gasteiger partial charge in [0.2, 0.25) is 0 Å². The van der Waals surface area contributed by atoms with Gasteiger partial charge in [-0.3, -0.25) is 19.7 Å². The van der Waals surface area contributed by atoms with Gasteiger partial charge < -0.3 is 9.47 Å². The maximum Gasteiger partial charge on any atom is 0.313 e. The molecule has 21 heavy (non-hydrogen) atoms. The number of hydrogen-bond acceptors (Lipinski definition) is 6. The summed E-state index contributed by atoms with van der Waals surface area (Å²) in [4.78, 5) is 32.8. The van der Waals surface area contributed by atoms with Crippen molar-refractivity contribution >= 4 is 17.4 Å². The topological polar surface area (TPSA) is 95.7 Å². The van der Waals surface area contributed by atoms with E-state index in [-0.39, 0.29) is 30.9 Å². The lowest BCUT2D eigenvalue weighted by atomic mass is 10.2. The summed E-state index contributed by atoms with van der Waals surface area (Å²) >= 11 is 0. The first-order valence-corrected chi connectivity index (χ1v) is 6.51. The zero-order valence-electron chi connectivity index (χ0n) is 11.7. The van der Waals surface area contributed by atoms with E-state index in [4.69, 9.17) is 9.47 Å². The first-order valence-electron chi connectivity index (χ1n) is 6.51. The van der Waals surface area contributed by atoms with Crippen molar-refractivity contribution in [1.82, 2.24) is 0 Å². The summed E-state index contributed by atoms with van der Waals surface area (Å²) in [7, 11) is 0. The Morgan fingerprint density at radius 1 is 1.24 bits per heavy atom. The number of carbonyl (C=O) groups excluding carboxylic acids is 2. The van der Waals surface area contributed by atoms with Crippen molar-refractivity contribution in [3.05, 3.63) is 39.9 Å². The van der Waals surface area contributed by atoms with Crippen LogP contribution in [0.25, 0.3) is 0 Å². The molecule has 0 atom stereocenters. The Labute approximate surface area is 122 Å². The molecule has 0 N–H and O–H groups in total. The van der Waals surface area contributed by atoms with Crippen LogP contribution in [0.3, 0.4) is 0 Å². The number of nitro groups is 1. The van der Waals surface area contributed by atoms with E-state index in [2.05, 4.69) is 0 Å². The van der Waals surface area contributed by atoms with Crippen LogP contribution in [0, 0.1) is 10.1 Å². The van der Waals surface area contributed by atoms with Gasteiger partial charge >= 0.3 is 5.97 Å². The molecule has 0 unspecified atom stereocenters. The molecule has 7 heteroatoms. The molecule has 1 aromatic rings. The number of ether oxygens (including phenoxy) is 2. The lowest BCUT2D eigenvalue weighted by molar-refractivity contribution is -0.384. The van der Waals surface area contributed by atoms with E-state index in [1.54, 1.807) is 0 Å². The highest BCUT2D eigenvalue weighted by atomic mass is 16.6. The Morgan fingerprint density at radius 2 is 1.90 bits per heavy atom. The molecule has 0 spiro atoms. The van der Waals surface area contributed by atoms with E-state index in [1.165, 1.54) is 24.3 Å². The molecule has 114 valence electrons. The minimum absolute atomic E-state index is 0.0183. The largest absolute Gasteiger partial charge is 0.460 e. The minimum atomic E-state index is -0.616. The lowest BCUT2D eigenvalue weighted by Gasteiger charge is -2.05. The molecule has 0 aliphatic heterocycles. The first-order chi connectivity index (χ1) is 10.0. The number of rotatable bonds is 9. The summed E-state index contributed by atoms with van der Waals surface area (Å²) in [5, 5.41) is 10.5. The molecular weight excluding hydrogens is 278 g/mol. The van der Waals surface area contributed by atoms with Gasteiger partial charge in [0.25, 0.3) is 5.69 Å². The van der Waals surface area contributed by atoms with Gasteiger partial charge in [-0.25, -0.2) is 0 Å². The summed E-state index contributed by atoms with van der Waals surface area (Å²) < 4.78 is 9.95. The van der Waals surface area contributed by atoms with Gasteiger partial charge in [-0.15, -0.1) is 0 Å². The molecule has 0 radical (unpaired) electrons. The number of esters is 1. The highest BCUT2D eigenvalue weighted by Crippen LogP contribution is 2.12. The summed E-state index contributed by atoms with van der Waals surface area (Å²) in [5.41, 5.74) is 0.590. The molecule has 0 aliphatic carbocycles. The van der Waals surface area contributed by atoms with Gasteiger partial charge in [-0.1, -0.05) is 0 Å². The molecule has 0 saturated heterocycles. The van der Waals surface area contributed by atoms with Crippen molar-refractivity contribution in [3.63, 3.8) is 0 Å². The van der Waals surface area contributed by atoms with E-state index in [0.29, 0.717) is 18.8 Å². The van der Waals surface area contributed by atoms with Crippen molar-refractivity contribution in [2.24, 2.45) is 0 Å². The van der Waals surface area contributed by atoms with Crippen molar-refractivity contribution < 1.29 is 24.0 Å². The van der Waals surface area contributed by atoms with Crippen LogP contribution in [0.1, 0.15) is 25.3 Å². The van der Waals surface area contributed by atoms with Crippen molar-refractivity contribution in [2.45, 2.75) is 26.4 Å². The second kappa shape index (κ2) is 8.80. The van der Waals surface area contributed by atoms with Crippen molar-refractivity contribution in [2.75, 3.05) is 13.2 Å². The zero-order valence-corrected chi connectivity index (χ0v) is 11.7. The highest BCUT2D eigenvalue weighted by Gasteiger charge is 2.11. The number of ketones is 1. The van der Waals surface area contributed by atoms with Crippen molar-refractivity contribution in [1.29, 1.82) is 0 Å². The zero-order chi connectivity index (χ0) is 15.7. The molecule has 7 nitrogen and oxygen atoms in total. The Hall–Kier alpha value is -2.28. The number of hydrogen-bond donors (Lipinski definition) is 0. The second-order valence-corrected chi connectivity index (χ2v) is 4.25. The quantitative estimate of drug-likeness (QED) is 0.227. The normalized spacial score (nSPS) is 10.1. The molecule has 0 fully saturated rings. The van der Waals surface area contributed by atoms with Gasteiger partial charge in [0.15, 0.2) is 0 Å². The number of Topliss-reactive ketones (excluding diaryl/α,β-unsaturated/α-hetero) is 1. The van der Waals surface area contributed by atoms with Crippen LogP contribution >= 0.6 is 0 Å². The highest BCUT2D eigenvalue weighted by molar-refractivity contribution is 5.95. The molecule has 1 rings (SSSR count). The monoisotopic (exact) mass is 295 g/mol. The fourth-order valence-electron chi connectivity index (χ4n) is 1.51. The van der Waals surface area contributed by atoms with Gasteiger partial charge in [0.05, 0.1) is 11.5 Å². The van der Waals surface area contributed by atoms with E-state index >= 15 is 0 Å². The van der Waals surface area contributed by atoms with Gasteiger partial charge in [-0.05, 0) is 24.6 Å². The summed E-state index contributed by atoms with van der Waals surface area (Å²) in [6.07, 6.45) is -0.111. The standard InChI is InChI=1S/C14H17NO6/c1-2-20-8-7-13(16)9-14(17)21-10-11-3-5-12(6-4-11)15(18)19/h3-6H,2,7-10H2,1H3. The third kappa shape index (κ3) is 6.62. The molecule has 0 bridgehead atoms. The minimum Gasteiger partial charge on any atom is -0.460 e. The molecule has 0 heterocycles. The molecular formula is C14H17NO6. The third-order valence-corrected chi connectivity index (χ3v) is 2.62. The summed E-state index contributed by atoms with van der Waals surface area (Å²) in [6.45, 7) is 2.63. The van der Waals surface area contributed by atoms with Crippen LogP contribution in [0.5, 0.6) is 0 Å². The predicted molar refractivity (Wildman–Crippen MR) is 73.6 cm³/mol. The summed E-state index contributed by atoms with van der Waals surface area (Å²) in [6, 6.07) is 5.66. The number of benzene rings is 1. The molecule has 0 aliphatic rings. The van der Waals surface area contributed by atoms with Gasteiger partial charge in [0.1, 0.15) is 18.8 Å². The predicted octanol–water partition coefficient (Wildman–Crippen LogP) is 2.02. The fraction of sp³-hybridized carbons (Fsp3) is 0.429. The first kappa shape index (κ1) is 16.8. The smallest absolute Gasteiger partial charge is 0.313 e. The lowest BCUT2D eigenvalue weighted by Crippen LogP contribution is -2.13. The van der Waals surface area contributed by atoms with Crippen LogP contribution in [0.4, 0.5) is 5.69 Å². The van der Waals surface area contributed by atoms with Crippen LogP contribution < -0.4 is 0 Å². The number of carbonyl (C=O) groups is 2. The van der Waals surface area contributed by atoms with E-state index in [0.717, 1.165) is 0 Å². The molecule has 1 aromatic carbocycles. The maximum absolute atomic E-state index is 11.4. The van der Waals surface area contributed by atoms with E-state index in [9.17, 15) is 19.7 Å². The summed E-state index contributed by atoms with van der Waals surface area (Å²) in [5.74, 6) is -0.855. The number of non-ortho nitro benzene ring substituents is 1. The Balaban J connectivity index is 2.32. The Kier molecular flexibility index (Phi) is 7.03. The fourth-order valence-corrected chi connectivity index (χ4v) is 1.51. The molecule has 0 saturated carbocycles. The maximum atomic E-state index is 11.4. The van der Waals surface area contributed by atoms with Crippen LogP contribution in [0.2, 0.25) is 0 Å². The SMILES string of the molecule is CCOCCC(=O)CC(=O)OCc1ccc([N+](=O)[O-])cc1. The number of nitro benzene ring substituents is 1. The van der Waals surface area contributed by atoms with Crippen LogP contribution in [0.15, 0.2) is 24.3 Å². The Morgan fingerprint density at radius 3 is 2.48 bits per heavy atom. The van der Waals surface area contributed by atoms with Gasteiger partial charge in [0, 0.05) is 25.2 Å². The van der Waals surface area contributed by atoms with E-state index in [1.807, 2.05) is 6.92 Å². The van der Waals surface area contributed by atoms with E-state index < -0.39 is 10.9 Å². The van der Waals surface area contributed by atoms with Crippen LogP contribution in [-0.2, 0) is 25.7 Å². The molecule has 0 aromatic heterocycles. The van der Waals surface area contributed by atoms with Crippen molar-refractivity contribution in [3.8, 4) is 0 Å². The average molecular weight is 295 g/mol. The average Bonchev–Trinajstić information content (AvgIpc) is 2.46. The number of nitrogens with zero attached hydrogens (tertiary/aromatic N) is 1. The third-order valence-electron chi connectivity index (χ3n) is 2.62. The van der Waals surface area contributed by atoms with Gasteiger partial charge in [-0.2, -0.15) is 0 Å². The van der Waals surface area contributed by atoms with Crippen LogP contribution in [-0.4, -0.2) is 29.9 Å².